The zero-order valence-corrected chi connectivity index (χ0v) is 15.2. The van der Waals surface area contributed by atoms with Crippen LogP contribution in [-0.2, 0) is 0 Å². The van der Waals surface area contributed by atoms with Crippen molar-refractivity contribution < 1.29 is 23.0 Å². The minimum Gasteiger partial charge on any atom is -0.487 e. The summed E-state index contributed by atoms with van der Waals surface area (Å²) in [4.78, 5) is 18.1. The fraction of sp³-hybridized carbons (Fsp3) is 0.368. The van der Waals surface area contributed by atoms with E-state index in [2.05, 4.69) is 4.98 Å². The van der Waals surface area contributed by atoms with E-state index >= 15 is 0 Å². The van der Waals surface area contributed by atoms with Crippen LogP contribution in [-0.4, -0.2) is 37.2 Å². The molecule has 0 atom stereocenters. The second-order valence-electron chi connectivity index (χ2n) is 6.39. The van der Waals surface area contributed by atoms with Gasteiger partial charge in [0.25, 0.3) is 5.91 Å². The van der Waals surface area contributed by atoms with Crippen molar-refractivity contribution in [3.8, 4) is 11.6 Å². The molecule has 6 nitrogen and oxygen atoms in total. The van der Waals surface area contributed by atoms with Gasteiger partial charge in [-0.25, -0.2) is 13.8 Å². The summed E-state index contributed by atoms with van der Waals surface area (Å²) in [5.41, 5.74) is 7.06. The molecule has 2 N–H and O–H groups in total. The Morgan fingerprint density at radius 1 is 1.26 bits per heavy atom. The molecule has 2 heterocycles. The highest BCUT2D eigenvalue weighted by atomic mass is 19.1. The molecule has 0 radical (unpaired) electrons. The fourth-order valence-corrected chi connectivity index (χ4v) is 3.25. The van der Waals surface area contributed by atoms with Crippen LogP contribution in [0.5, 0.6) is 11.6 Å². The van der Waals surface area contributed by atoms with E-state index in [-0.39, 0.29) is 11.9 Å². The summed E-state index contributed by atoms with van der Waals surface area (Å²) in [6, 6.07) is 4.95. The number of carbonyl (C=O) groups excluding carboxylic acids is 1. The van der Waals surface area contributed by atoms with Gasteiger partial charge in [-0.1, -0.05) is 0 Å². The molecule has 0 saturated carbocycles. The Hall–Kier alpha value is -2.90. The first-order valence-corrected chi connectivity index (χ1v) is 8.61. The Morgan fingerprint density at radius 3 is 2.56 bits per heavy atom. The Labute approximate surface area is 155 Å². The number of benzene rings is 1. The number of aryl methyl sites for hydroxylation is 1. The monoisotopic (exact) mass is 377 g/mol. The highest BCUT2D eigenvalue weighted by Gasteiger charge is 2.26. The maximum Gasteiger partial charge on any atom is 0.252 e. The third-order valence-electron chi connectivity index (χ3n) is 4.58. The van der Waals surface area contributed by atoms with Crippen molar-refractivity contribution in [2.75, 3.05) is 25.1 Å². The number of hydrogen-bond donors (Lipinski definition) is 1. The van der Waals surface area contributed by atoms with E-state index in [1.54, 1.807) is 13.0 Å². The number of halogens is 2. The number of hydrogen-bond acceptors (Lipinski definition) is 5. The Balaban J connectivity index is 1.74. The lowest BCUT2D eigenvalue weighted by molar-refractivity contribution is 0.0999. The van der Waals surface area contributed by atoms with Crippen LogP contribution >= 0.6 is 0 Å². The molecule has 8 heteroatoms. The number of primary amides is 1. The minimum absolute atomic E-state index is 0.0362. The molecular formula is C19H21F2N3O3. The molecule has 0 aliphatic carbocycles. The zero-order valence-electron chi connectivity index (χ0n) is 15.2. The fourth-order valence-electron chi connectivity index (χ4n) is 3.25. The highest BCUT2D eigenvalue weighted by Crippen LogP contribution is 2.30. The van der Waals surface area contributed by atoms with Crippen LogP contribution in [0.1, 0.15) is 28.9 Å². The number of rotatable bonds is 5. The smallest absolute Gasteiger partial charge is 0.252 e. The number of piperidine rings is 1. The molecule has 2 aromatic rings. The Morgan fingerprint density at radius 2 is 1.96 bits per heavy atom. The molecule has 144 valence electrons. The summed E-state index contributed by atoms with van der Waals surface area (Å²) in [5.74, 6) is -1.48. The molecule has 0 spiro atoms. The van der Waals surface area contributed by atoms with Gasteiger partial charge in [-0.15, -0.1) is 0 Å². The molecule has 1 amide bonds. The third kappa shape index (κ3) is 4.10. The van der Waals surface area contributed by atoms with Gasteiger partial charge in [0.1, 0.15) is 11.9 Å². The van der Waals surface area contributed by atoms with Crippen LogP contribution in [0, 0.1) is 18.6 Å². The van der Waals surface area contributed by atoms with Crippen molar-refractivity contribution >= 4 is 11.6 Å². The maximum absolute atomic E-state index is 13.8. The van der Waals surface area contributed by atoms with E-state index in [0.717, 1.165) is 6.07 Å². The van der Waals surface area contributed by atoms with Crippen molar-refractivity contribution in [1.82, 2.24) is 4.98 Å². The molecule has 1 aliphatic rings. The average Bonchev–Trinajstić information content (AvgIpc) is 2.63. The zero-order chi connectivity index (χ0) is 19.6. The molecule has 1 fully saturated rings. The van der Waals surface area contributed by atoms with Crippen LogP contribution in [0.3, 0.4) is 0 Å². The highest BCUT2D eigenvalue weighted by molar-refractivity contribution is 6.00. The van der Waals surface area contributed by atoms with Crippen LogP contribution in [0.2, 0.25) is 0 Å². The molecule has 1 aromatic heterocycles. The Bertz CT molecular complexity index is 852. The lowest BCUT2D eigenvalue weighted by Gasteiger charge is -2.34. The molecule has 1 aromatic carbocycles. The van der Waals surface area contributed by atoms with Gasteiger partial charge in [0, 0.05) is 38.1 Å². The van der Waals surface area contributed by atoms with Crippen molar-refractivity contribution in [2.24, 2.45) is 5.73 Å². The van der Waals surface area contributed by atoms with Gasteiger partial charge in [0.15, 0.2) is 11.6 Å². The molecule has 1 saturated heterocycles. The number of methoxy groups -OCH3 is 1. The molecule has 27 heavy (non-hydrogen) atoms. The molecule has 0 unspecified atom stereocenters. The predicted molar refractivity (Wildman–Crippen MR) is 96.3 cm³/mol. The summed E-state index contributed by atoms with van der Waals surface area (Å²) in [5, 5.41) is 0. The van der Waals surface area contributed by atoms with E-state index in [4.69, 9.17) is 15.2 Å². The first-order valence-electron chi connectivity index (χ1n) is 8.61. The third-order valence-corrected chi connectivity index (χ3v) is 4.58. The van der Waals surface area contributed by atoms with E-state index < -0.39 is 17.5 Å². The summed E-state index contributed by atoms with van der Waals surface area (Å²) in [6.45, 7) is 2.88. The van der Waals surface area contributed by atoms with Gasteiger partial charge in [-0.2, -0.15) is 0 Å². The Kier molecular flexibility index (Phi) is 5.43. The average molecular weight is 377 g/mol. The number of pyridine rings is 1. The van der Waals surface area contributed by atoms with E-state index in [1.165, 1.54) is 19.2 Å². The van der Waals surface area contributed by atoms with Crippen LogP contribution in [0.15, 0.2) is 24.3 Å². The normalized spacial score (nSPS) is 14.9. The van der Waals surface area contributed by atoms with Gasteiger partial charge in [0.05, 0.1) is 24.1 Å². The number of nitrogens with two attached hydrogens (primary N) is 1. The summed E-state index contributed by atoms with van der Waals surface area (Å²) >= 11 is 0. The van der Waals surface area contributed by atoms with Crippen molar-refractivity contribution in [3.63, 3.8) is 0 Å². The van der Waals surface area contributed by atoms with E-state index in [1.807, 2.05) is 4.90 Å². The summed E-state index contributed by atoms with van der Waals surface area (Å²) < 4.78 is 37.6. The van der Waals surface area contributed by atoms with E-state index in [0.29, 0.717) is 48.8 Å². The largest absolute Gasteiger partial charge is 0.487 e. The lowest BCUT2D eigenvalue weighted by Crippen LogP contribution is -2.39. The molecule has 3 rings (SSSR count). The maximum atomic E-state index is 13.8. The van der Waals surface area contributed by atoms with Gasteiger partial charge in [-0.3, -0.25) is 4.79 Å². The van der Waals surface area contributed by atoms with Gasteiger partial charge < -0.3 is 20.1 Å². The number of anilines is 1. The topological polar surface area (TPSA) is 77.7 Å². The van der Waals surface area contributed by atoms with Crippen molar-refractivity contribution in [2.45, 2.75) is 25.9 Å². The van der Waals surface area contributed by atoms with Crippen LogP contribution in [0.25, 0.3) is 0 Å². The summed E-state index contributed by atoms with van der Waals surface area (Å²) in [6.07, 6.45) is 1.01. The second-order valence-corrected chi connectivity index (χ2v) is 6.39. The first-order chi connectivity index (χ1) is 12.9. The van der Waals surface area contributed by atoms with Crippen LogP contribution in [0.4, 0.5) is 14.5 Å². The van der Waals surface area contributed by atoms with Crippen LogP contribution < -0.4 is 20.1 Å². The number of aromatic nitrogens is 1. The number of amides is 1. The minimum atomic E-state index is -0.720. The molecule has 1 aliphatic heterocycles. The van der Waals surface area contributed by atoms with Crippen molar-refractivity contribution in [1.29, 1.82) is 0 Å². The van der Waals surface area contributed by atoms with Gasteiger partial charge >= 0.3 is 0 Å². The van der Waals surface area contributed by atoms with Gasteiger partial charge in [-0.05, 0) is 19.1 Å². The lowest BCUT2D eigenvalue weighted by atomic mass is 10.0. The molecule has 0 bridgehead atoms. The standard InChI is InChI=1S/C19H21F2N3O3/c1-11-18(19(22)25)15(10-17(23-11)26-2)24-7-5-13(6-8-24)27-16-4-3-12(20)9-14(16)21/h3-4,9-10,13H,5-8H2,1-2H3,(H2,22,25). The van der Waals surface area contributed by atoms with E-state index in [9.17, 15) is 13.6 Å². The number of carbonyl (C=O) groups is 1. The quantitative estimate of drug-likeness (QED) is 0.867. The SMILES string of the molecule is COc1cc(N2CCC(Oc3ccc(F)cc3F)CC2)c(C(N)=O)c(C)n1. The van der Waals surface area contributed by atoms with Gasteiger partial charge in [0.2, 0.25) is 5.88 Å². The number of nitrogens with zero attached hydrogens (tertiary/aromatic N) is 2. The first kappa shape index (κ1) is 18.9. The summed E-state index contributed by atoms with van der Waals surface area (Å²) in [7, 11) is 1.51. The number of ether oxygens (including phenoxy) is 2. The second kappa shape index (κ2) is 7.77. The predicted octanol–water partition coefficient (Wildman–Crippen LogP) is 2.82. The molecular weight excluding hydrogens is 356 g/mol. The van der Waals surface area contributed by atoms with Crippen molar-refractivity contribution in [3.05, 3.63) is 47.2 Å².